The molecule has 2 aromatic carbocycles. The molecule has 0 heterocycles. The molecule has 0 unspecified atom stereocenters. The van der Waals surface area contributed by atoms with Crippen LogP contribution in [0, 0.1) is 11.8 Å². The van der Waals surface area contributed by atoms with Gasteiger partial charge in [-0.15, -0.1) is 0 Å². The number of rotatable bonds is 5. The molecule has 1 aliphatic carbocycles. The summed E-state index contributed by atoms with van der Waals surface area (Å²) in [5, 5.41) is 0.571. The second-order valence-corrected chi connectivity index (χ2v) is 6.15. The number of hydrogen-bond donors (Lipinski definition) is 0. The molecule has 3 atom stereocenters. The minimum Gasteiger partial charge on any atom is -0.463 e. The fourth-order valence-electron chi connectivity index (χ4n) is 3.09. The number of halogens is 1. The standard InChI is InChI=1S/C19H15ClO4/c1-24-19(23)18(22)16-14(11-7-9-13(20)10-8-11)15(16)17(21)12-5-3-2-4-6-12/h2-10,14-16H,1H3/t14-,15-,16+/m1/s1. The van der Waals surface area contributed by atoms with Crippen molar-refractivity contribution in [3.8, 4) is 0 Å². The SMILES string of the molecule is COC(=O)C(=O)[C@@H]1[C@H](C(=O)c2ccccc2)[C@H]1c1ccc(Cl)cc1. The number of Topliss-reactive ketones (excluding diaryl/α,β-unsaturated/α-hetero) is 2. The van der Waals surface area contributed by atoms with Crippen LogP contribution in [0.3, 0.4) is 0 Å². The van der Waals surface area contributed by atoms with E-state index in [1.54, 1.807) is 48.5 Å². The van der Waals surface area contributed by atoms with E-state index in [9.17, 15) is 14.4 Å². The molecule has 0 radical (unpaired) electrons. The van der Waals surface area contributed by atoms with Gasteiger partial charge in [0.2, 0.25) is 5.78 Å². The Kier molecular flexibility index (Phi) is 4.49. The molecule has 3 rings (SSSR count). The lowest BCUT2D eigenvalue weighted by molar-refractivity contribution is -0.152. The number of ether oxygens (including phenoxy) is 1. The van der Waals surface area contributed by atoms with Crippen molar-refractivity contribution in [1.82, 2.24) is 0 Å². The fraction of sp³-hybridized carbons (Fsp3) is 0.211. The van der Waals surface area contributed by atoms with Gasteiger partial charge >= 0.3 is 5.97 Å². The molecule has 4 nitrogen and oxygen atoms in total. The molecule has 24 heavy (non-hydrogen) atoms. The Bertz CT molecular complexity index is 783. The lowest BCUT2D eigenvalue weighted by atomic mass is 10.0. The number of ketones is 2. The molecule has 1 aliphatic rings. The van der Waals surface area contributed by atoms with Crippen LogP contribution in [0.1, 0.15) is 21.8 Å². The van der Waals surface area contributed by atoms with Crippen LogP contribution >= 0.6 is 11.6 Å². The molecule has 0 saturated heterocycles. The first kappa shape index (κ1) is 16.4. The van der Waals surface area contributed by atoms with Crippen LogP contribution in [0.2, 0.25) is 5.02 Å². The first-order chi connectivity index (χ1) is 11.5. The van der Waals surface area contributed by atoms with E-state index in [1.807, 2.05) is 6.07 Å². The second kappa shape index (κ2) is 6.57. The third-order valence-corrected chi connectivity index (χ3v) is 4.58. The lowest BCUT2D eigenvalue weighted by Crippen LogP contribution is -2.20. The number of hydrogen-bond acceptors (Lipinski definition) is 4. The molecule has 0 bridgehead atoms. The van der Waals surface area contributed by atoms with Gasteiger partial charge in [0, 0.05) is 28.3 Å². The molecule has 0 aromatic heterocycles. The van der Waals surface area contributed by atoms with Crippen LogP contribution < -0.4 is 0 Å². The summed E-state index contributed by atoms with van der Waals surface area (Å²) in [6.07, 6.45) is 0. The maximum absolute atomic E-state index is 12.8. The lowest BCUT2D eigenvalue weighted by Gasteiger charge is -2.01. The highest BCUT2D eigenvalue weighted by Gasteiger charge is 2.60. The molecule has 0 aliphatic heterocycles. The van der Waals surface area contributed by atoms with Gasteiger partial charge in [-0.3, -0.25) is 9.59 Å². The van der Waals surface area contributed by atoms with Crippen molar-refractivity contribution in [3.63, 3.8) is 0 Å². The van der Waals surface area contributed by atoms with Gasteiger partial charge < -0.3 is 4.74 Å². The summed E-state index contributed by atoms with van der Waals surface area (Å²) in [6.45, 7) is 0. The minimum atomic E-state index is -0.915. The molecule has 0 amide bonds. The van der Waals surface area contributed by atoms with Crippen molar-refractivity contribution in [2.75, 3.05) is 7.11 Å². The Morgan fingerprint density at radius 3 is 2.12 bits per heavy atom. The first-order valence-electron chi connectivity index (χ1n) is 7.51. The van der Waals surface area contributed by atoms with Crippen molar-refractivity contribution in [3.05, 3.63) is 70.7 Å². The molecule has 1 saturated carbocycles. The Labute approximate surface area is 144 Å². The molecule has 1 fully saturated rings. The quantitative estimate of drug-likeness (QED) is 0.475. The Morgan fingerprint density at radius 2 is 1.54 bits per heavy atom. The highest BCUT2D eigenvalue weighted by molar-refractivity contribution is 6.36. The Morgan fingerprint density at radius 1 is 0.917 bits per heavy atom. The van der Waals surface area contributed by atoms with Crippen molar-refractivity contribution < 1.29 is 19.1 Å². The third-order valence-electron chi connectivity index (χ3n) is 4.33. The number of methoxy groups -OCH3 is 1. The zero-order chi connectivity index (χ0) is 17.3. The van der Waals surface area contributed by atoms with Crippen LogP contribution in [0.25, 0.3) is 0 Å². The van der Waals surface area contributed by atoms with Crippen LogP contribution in [-0.2, 0) is 14.3 Å². The van der Waals surface area contributed by atoms with Gasteiger partial charge in [-0.25, -0.2) is 4.79 Å². The van der Waals surface area contributed by atoms with E-state index in [-0.39, 0.29) is 11.7 Å². The molecule has 2 aromatic rings. The predicted molar refractivity (Wildman–Crippen MR) is 89.0 cm³/mol. The topological polar surface area (TPSA) is 60.4 Å². The smallest absolute Gasteiger partial charge is 0.374 e. The number of carbonyl (C=O) groups is 3. The first-order valence-corrected chi connectivity index (χ1v) is 7.89. The Balaban J connectivity index is 1.92. The van der Waals surface area contributed by atoms with Crippen molar-refractivity contribution >= 4 is 29.1 Å². The van der Waals surface area contributed by atoms with Gasteiger partial charge in [0.1, 0.15) is 0 Å². The molecule has 0 N–H and O–H groups in total. The van der Waals surface area contributed by atoms with E-state index >= 15 is 0 Å². The van der Waals surface area contributed by atoms with E-state index in [0.717, 1.165) is 12.7 Å². The van der Waals surface area contributed by atoms with Crippen molar-refractivity contribution in [2.24, 2.45) is 11.8 Å². The molecule has 0 spiro atoms. The van der Waals surface area contributed by atoms with Crippen LogP contribution in [0.5, 0.6) is 0 Å². The van der Waals surface area contributed by atoms with Crippen LogP contribution in [0.15, 0.2) is 54.6 Å². The normalized spacial score (nSPS) is 21.8. The largest absolute Gasteiger partial charge is 0.463 e. The van der Waals surface area contributed by atoms with Gasteiger partial charge in [0.05, 0.1) is 7.11 Å². The third kappa shape index (κ3) is 2.97. The van der Waals surface area contributed by atoms with Crippen LogP contribution in [-0.4, -0.2) is 24.6 Å². The van der Waals surface area contributed by atoms with E-state index in [0.29, 0.717) is 10.6 Å². The Hall–Kier alpha value is -2.46. The fourth-order valence-corrected chi connectivity index (χ4v) is 3.22. The van der Waals surface area contributed by atoms with Gasteiger partial charge in [0.15, 0.2) is 5.78 Å². The molecule has 122 valence electrons. The summed E-state index contributed by atoms with van der Waals surface area (Å²) < 4.78 is 4.53. The maximum atomic E-state index is 12.8. The van der Waals surface area contributed by atoms with E-state index < -0.39 is 23.6 Å². The highest BCUT2D eigenvalue weighted by Crippen LogP contribution is 2.56. The van der Waals surface area contributed by atoms with Crippen molar-refractivity contribution in [2.45, 2.75) is 5.92 Å². The van der Waals surface area contributed by atoms with Crippen molar-refractivity contribution in [1.29, 1.82) is 0 Å². The highest BCUT2D eigenvalue weighted by atomic mass is 35.5. The summed E-state index contributed by atoms with van der Waals surface area (Å²) in [7, 11) is 1.16. The number of carbonyl (C=O) groups excluding carboxylic acids is 3. The predicted octanol–water partition coefficient (Wildman–Crippen LogP) is 3.29. The summed E-state index contributed by atoms with van der Waals surface area (Å²) in [5.41, 5.74) is 1.34. The van der Waals surface area contributed by atoms with E-state index in [2.05, 4.69) is 4.74 Å². The second-order valence-electron chi connectivity index (χ2n) is 5.72. The van der Waals surface area contributed by atoms with E-state index in [1.165, 1.54) is 0 Å². The summed E-state index contributed by atoms with van der Waals surface area (Å²) in [6, 6.07) is 15.7. The van der Waals surface area contributed by atoms with Gasteiger partial charge in [-0.1, -0.05) is 54.1 Å². The summed E-state index contributed by atoms with van der Waals surface area (Å²) in [5.74, 6) is -3.29. The minimum absolute atomic E-state index is 0.141. The zero-order valence-corrected chi connectivity index (χ0v) is 13.7. The average Bonchev–Trinajstić information content (AvgIpc) is 3.36. The van der Waals surface area contributed by atoms with Gasteiger partial charge in [-0.2, -0.15) is 0 Å². The molecular formula is C19H15ClO4. The molecular weight excluding hydrogens is 328 g/mol. The zero-order valence-electron chi connectivity index (χ0n) is 12.9. The van der Waals surface area contributed by atoms with Crippen LogP contribution in [0.4, 0.5) is 0 Å². The van der Waals surface area contributed by atoms with Gasteiger partial charge in [-0.05, 0) is 17.7 Å². The summed E-state index contributed by atoms with van der Waals surface area (Å²) in [4.78, 5) is 36.7. The molecule has 5 heteroatoms. The number of benzene rings is 2. The monoisotopic (exact) mass is 342 g/mol. The maximum Gasteiger partial charge on any atom is 0.374 e. The average molecular weight is 343 g/mol. The summed E-state index contributed by atoms with van der Waals surface area (Å²) >= 11 is 5.90. The van der Waals surface area contributed by atoms with Gasteiger partial charge in [0.25, 0.3) is 0 Å². The van der Waals surface area contributed by atoms with E-state index in [4.69, 9.17) is 11.6 Å². The number of esters is 1.